The summed E-state index contributed by atoms with van der Waals surface area (Å²) in [4.78, 5) is 11.6. The van der Waals surface area contributed by atoms with Crippen LogP contribution in [0, 0.1) is 6.92 Å². The number of nitrogens with zero attached hydrogens (tertiary/aromatic N) is 4. The first kappa shape index (κ1) is 19.1. The first-order valence-corrected chi connectivity index (χ1v) is 10.7. The van der Waals surface area contributed by atoms with Crippen molar-refractivity contribution < 1.29 is 18.3 Å². The highest BCUT2D eigenvalue weighted by Crippen LogP contribution is 2.32. The number of aromatic hydroxyl groups is 1. The number of ether oxygens (including phenoxy) is 1. The third kappa shape index (κ3) is 3.08. The number of aromatic nitrogens is 4. The minimum Gasteiger partial charge on any atom is -0.495 e. The third-order valence-corrected chi connectivity index (χ3v) is 6.32. The Kier molecular flexibility index (Phi) is 4.19. The van der Waals surface area contributed by atoms with E-state index in [1.54, 1.807) is 53.5 Å². The van der Waals surface area contributed by atoms with Gasteiger partial charge in [0.25, 0.3) is 10.0 Å². The molecule has 0 bridgehead atoms. The molecule has 10 heteroatoms. The highest BCUT2D eigenvalue weighted by molar-refractivity contribution is 7.90. The van der Waals surface area contributed by atoms with Crippen LogP contribution in [0.15, 0.2) is 64.3 Å². The molecule has 0 unspecified atom stereocenters. The number of H-pyrrole nitrogens is 1. The van der Waals surface area contributed by atoms with E-state index in [-0.39, 0.29) is 21.9 Å². The predicted molar refractivity (Wildman–Crippen MR) is 114 cm³/mol. The normalized spacial score (nSPS) is 12.8. The molecule has 31 heavy (non-hydrogen) atoms. The van der Waals surface area contributed by atoms with Crippen molar-refractivity contribution in [2.45, 2.75) is 11.8 Å². The first-order valence-electron chi connectivity index (χ1n) is 9.30. The zero-order valence-electron chi connectivity index (χ0n) is 16.6. The van der Waals surface area contributed by atoms with Crippen molar-refractivity contribution in [3.8, 4) is 17.4 Å². The summed E-state index contributed by atoms with van der Waals surface area (Å²) in [6.07, 6.45) is 3.43. The van der Waals surface area contributed by atoms with Crippen LogP contribution < -0.4 is 10.1 Å². The summed E-state index contributed by atoms with van der Waals surface area (Å²) in [5.74, 6) is 0.642. The lowest BCUT2D eigenvalue weighted by Crippen LogP contribution is -2.11. The molecule has 9 nitrogen and oxygen atoms in total. The van der Waals surface area contributed by atoms with Crippen molar-refractivity contribution in [2.75, 3.05) is 7.11 Å². The molecule has 0 fully saturated rings. The van der Waals surface area contributed by atoms with Gasteiger partial charge in [0, 0.05) is 11.6 Å². The maximum Gasteiger partial charge on any atom is 0.286 e. The van der Waals surface area contributed by atoms with Gasteiger partial charge < -0.3 is 14.8 Å². The molecule has 0 saturated heterocycles. The van der Waals surface area contributed by atoms with Crippen molar-refractivity contribution in [1.82, 2.24) is 19.5 Å². The van der Waals surface area contributed by atoms with Gasteiger partial charge in [0.2, 0.25) is 5.88 Å². The molecule has 2 N–H and O–H groups in total. The van der Waals surface area contributed by atoms with E-state index in [1.165, 1.54) is 13.2 Å². The molecular formula is C21H17N5O4S. The molecule has 2 aromatic carbocycles. The minimum absolute atomic E-state index is 0.0368. The van der Waals surface area contributed by atoms with Crippen molar-refractivity contribution >= 4 is 31.8 Å². The van der Waals surface area contributed by atoms with E-state index >= 15 is 0 Å². The van der Waals surface area contributed by atoms with Crippen LogP contribution in [0.4, 0.5) is 0 Å². The van der Waals surface area contributed by atoms with Gasteiger partial charge >= 0.3 is 0 Å². The highest BCUT2D eigenvalue weighted by Gasteiger charge is 2.20. The molecule has 3 aromatic heterocycles. The number of sulfonamides is 1. The molecule has 0 atom stereocenters. The molecular weight excluding hydrogens is 418 g/mol. The van der Waals surface area contributed by atoms with Crippen LogP contribution in [0.25, 0.3) is 27.6 Å². The second-order valence-electron chi connectivity index (χ2n) is 7.00. The van der Waals surface area contributed by atoms with Gasteiger partial charge in [-0.3, -0.25) is 4.57 Å². The number of aromatic amines is 1. The predicted octanol–water partition coefficient (Wildman–Crippen LogP) is 2.65. The van der Waals surface area contributed by atoms with Crippen LogP contribution in [0.1, 0.15) is 5.69 Å². The summed E-state index contributed by atoms with van der Waals surface area (Å²) >= 11 is 0. The number of hydrogen-bond donors (Lipinski definition) is 2. The summed E-state index contributed by atoms with van der Waals surface area (Å²) in [5.41, 5.74) is 1.77. The molecule has 0 aliphatic carbocycles. The van der Waals surface area contributed by atoms with Crippen molar-refractivity contribution in [2.24, 2.45) is 4.40 Å². The Labute approximate surface area is 176 Å². The molecule has 0 radical (unpaired) electrons. The van der Waals surface area contributed by atoms with E-state index in [0.29, 0.717) is 27.6 Å². The van der Waals surface area contributed by atoms with Crippen molar-refractivity contribution in [3.05, 3.63) is 66.0 Å². The van der Waals surface area contributed by atoms with Gasteiger partial charge in [-0.15, -0.1) is 0 Å². The van der Waals surface area contributed by atoms with Gasteiger partial charge in [-0.05, 0) is 37.3 Å². The number of hydrogen-bond acceptors (Lipinski definition) is 6. The fraction of sp³-hybridized carbons (Fsp3) is 0.0952. The van der Waals surface area contributed by atoms with Crippen molar-refractivity contribution in [1.29, 1.82) is 0 Å². The van der Waals surface area contributed by atoms with E-state index in [2.05, 4.69) is 19.3 Å². The molecule has 0 aliphatic heterocycles. The maximum atomic E-state index is 13.1. The van der Waals surface area contributed by atoms with Crippen LogP contribution >= 0.6 is 0 Å². The fourth-order valence-electron chi connectivity index (χ4n) is 3.58. The van der Waals surface area contributed by atoms with Gasteiger partial charge in [-0.1, -0.05) is 12.1 Å². The van der Waals surface area contributed by atoms with E-state index in [0.717, 1.165) is 5.69 Å². The monoisotopic (exact) mass is 435 g/mol. The summed E-state index contributed by atoms with van der Waals surface area (Å²) in [6.45, 7) is 1.86. The van der Waals surface area contributed by atoms with Gasteiger partial charge in [0.1, 0.15) is 28.1 Å². The summed E-state index contributed by atoms with van der Waals surface area (Å²) in [6, 6.07) is 11.2. The summed E-state index contributed by atoms with van der Waals surface area (Å²) in [5, 5.41) is 11.6. The topological polar surface area (TPSA) is 122 Å². The smallest absolute Gasteiger partial charge is 0.286 e. The molecule has 5 aromatic rings. The lowest BCUT2D eigenvalue weighted by molar-refractivity contribution is 0.403. The lowest BCUT2D eigenvalue weighted by Gasteiger charge is -2.08. The molecule has 0 spiro atoms. The van der Waals surface area contributed by atoms with Gasteiger partial charge in [-0.2, -0.15) is 12.8 Å². The van der Waals surface area contributed by atoms with Crippen LogP contribution in [0.2, 0.25) is 0 Å². The summed E-state index contributed by atoms with van der Waals surface area (Å²) in [7, 11) is -2.68. The number of nitrogens with one attached hydrogen (secondary N) is 1. The lowest BCUT2D eigenvalue weighted by atomic mass is 10.1. The Morgan fingerprint density at radius 2 is 2.00 bits per heavy atom. The number of methoxy groups -OCH3 is 1. The molecule has 0 saturated carbocycles. The minimum atomic E-state index is -4.08. The van der Waals surface area contributed by atoms with Gasteiger partial charge in [0.05, 0.1) is 29.2 Å². The number of pyridine rings is 1. The number of para-hydroxylation sites is 1. The van der Waals surface area contributed by atoms with Crippen LogP contribution in [0.5, 0.6) is 11.6 Å². The molecule has 5 rings (SSSR count). The Balaban J connectivity index is 1.83. The Morgan fingerprint density at radius 1 is 1.19 bits per heavy atom. The SMILES string of the molecule is COc1ccccc1S(=O)(=O)N=c1ccc2nc(O)c3cc(-n4cnc(C)c4)[nH]c1c23. The first-order chi connectivity index (χ1) is 14.9. The number of aryl methyl sites for hydroxylation is 1. The van der Waals surface area contributed by atoms with Crippen molar-refractivity contribution in [3.63, 3.8) is 0 Å². The molecule has 3 heterocycles. The van der Waals surface area contributed by atoms with E-state index in [9.17, 15) is 13.5 Å². The van der Waals surface area contributed by atoms with Crippen LogP contribution in [-0.4, -0.2) is 40.2 Å². The maximum absolute atomic E-state index is 13.1. The van der Waals surface area contributed by atoms with E-state index in [1.807, 2.05) is 6.92 Å². The Bertz CT molecular complexity index is 1620. The summed E-state index contributed by atoms with van der Waals surface area (Å²) < 4.78 is 37.2. The Morgan fingerprint density at radius 3 is 2.74 bits per heavy atom. The zero-order valence-corrected chi connectivity index (χ0v) is 17.4. The number of imidazole rings is 1. The van der Waals surface area contributed by atoms with E-state index in [4.69, 9.17) is 4.74 Å². The Hall–Kier alpha value is -3.92. The molecule has 0 aliphatic rings. The zero-order chi connectivity index (χ0) is 21.8. The third-order valence-electron chi connectivity index (χ3n) is 4.99. The average molecular weight is 435 g/mol. The number of benzene rings is 2. The van der Waals surface area contributed by atoms with Gasteiger partial charge in [0.15, 0.2) is 0 Å². The quantitative estimate of drug-likeness (QED) is 0.447. The number of rotatable bonds is 4. The van der Waals surface area contributed by atoms with E-state index < -0.39 is 10.0 Å². The molecule has 156 valence electrons. The largest absolute Gasteiger partial charge is 0.495 e. The second kappa shape index (κ2) is 6.81. The highest BCUT2D eigenvalue weighted by atomic mass is 32.2. The van der Waals surface area contributed by atoms with Crippen LogP contribution in [-0.2, 0) is 10.0 Å². The fourth-order valence-corrected chi connectivity index (χ4v) is 4.74. The molecule has 0 amide bonds. The van der Waals surface area contributed by atoms with Crippen LogP contribution in [0.3, 0.4) is 0 Å². The average Bonchev–Trinajstić information content (AvgIpc) is 3.34. The second-order valence-corrected chi connectivity index (χ2v) is 8.57. The standard InChI is InChI=1S/C21H17N5O4S/c1-12-10-26(11-22-12)18-9-13-19-14(23-21(13)27)7-8-15(20(19)24-18)25-31(28,29)17-6-4-3-5-16(17)30-2/h3-11,24,27H,1-2H3. The van der Waals surface area contributed by atoms with Gasteiger partial charge in [-0.25, -0.2) is 9.97 Å².